The van der Waals surface area contributed by atoms with E-state index in [1.165, 1.54) is 6.07 Å². The molecule has 30 heteroatoms. The van der Waals surface area contributed by atoms with E-state index in [-0.39, 0.29) is 147 Å². The second kappa shape index (κ2) is 22.4. The van der Waals surface area contributed by atoms with Crippen LogP contribution in [-0.2, 0) is 47.4 Å². The van der Waals surface area contributed by atoms with Crippen LogP contribution in [0, 0.1) is 18.2 Å². The van der Waals surface area contributed by atoms with Crippen LogP contribution in [0.1, 0.15) is 15.9 Å². The molecule has 0 bridgehead atoms. The molecule has 0 unspecified atom stereocenters. The molecule has 1 aromatic heterocycles. The molecule has 0 amide bonds. The van der Waals surface area contributed by atoms with Gasteiger partial charge < -0.3 is 15.5 Å². The number of aromatic carboxylic acids is 1. The number of carbonyl (C=O) groups is 1. The molecule has 0 aliphatic carbocycles. The number of carboxylic acids is 1. The number of azo groups is 2. The van der Waals surface area contributed by atoms with Crippen molar-refractivity contribution in [2.45, 2.75) is 14.7 Å². The summed E-state index contributed by atoms with van der Waals surface area (Å²) in [6, 6.07) is 7.87. The maximum Gasteiger partial charge on any atom is 1.00 e. The third kappa shape index (κ3) is 14.3. The number of hydrogen-bond donors (Lipinski definition) is 6. The van der Waals surface area contributed by atoms with Crippen molar-refractivity contribution >= 4 is 70.8 Å². The number of benzene rings is 3. The monoisotopic (exact) mass is 917 g/mol. The number of aromatic nitrogens is 2. The Kier molecular flexibility index (Phi) is 23.0. The molecule has 0 atom stereocenters. The summed E-state index contributed by atoms with van der Waals surface area (Å²) in [6.45, 7) is 0. The minimum atomic E-state index is -5.35. The SMILES string of the molecule is O=C(O)c1cc(Nc2nc(F)nc(F)c2Cl)ccc1N=N[C-](N=Nc1cc(S(=O)(=O)O)cc(S(=O)(=O)O)c1O)c1ccccc1S(=O)(=O)O.[Cu].[Na+].[Na+].[Na+].[Na+]. The summed E-state index contributed by atoms with van der Waals surface area (Å²) in [7, 11) is -15.6. The number of hydrogen-bond acceptors (Lipinski definition) is 15. The fraction of sp³-hybridized carbons (Fsp3) is 0. The molecule has 4 rings (SSSR count). The van der Waals surface area contributed by atoms with E-state index < -0.39 is 108 Å². The number of halogens is 3. The first-order valence-electron chi connectivity index (χ1n) is 12.3. The van der Waals surface area contributed by atoms with Gasteiger partial charge in [-0.25, -0.2) is 13.2 Å². The van der Waals surface area contributed by atoms with Gasteiger partial charge in [0.25, 0.3) is 20.2 Å². The first kappa shape index (κ1) is 55.4. The molecular weight excluding hydrogens is 903 g/mol. The molecule has 54 heavy (non-hydrogen) atoms. The van der Waals surface area contributed by atoms with Crippen LogP contribution in [0.2, 0.25) is 5.02 Å². The van der Waals surface area contributed by atoms with Gasteiger partial charge in [0.05, 0.1) is 22.3 Å². The summed E-state index contributed by atoms with van der Waals surface area (Å²) in [6.07, 6.45) is -2.39. The number of phenolic OH excluding ortho intramolecular Hbond substituents is 1. The predicted octanol–water partition coefficient (Wildman–Crippen LogP) is -7.29. The predicted molar refractivity (Wildman–Crippen MR) is 159 cm³/mol. The van der Waals surface area contributed by atoms with Crippen LogP contribution in [0.25, 0.3) is 0 Å². The first-order valence-corrected chi connectivity index (χ1v) is 17.0. The molecule has 1 heterocycles. The second-order valence-corrected chi connectivity index (χ2v) is 13.6. The number of nitrogens with one attached hydrogen (secondary N) is 1. The molecule has 0 saturated heterocycles. The third-order valence-corrected chi connectivity index (χ3v) is 8.73. The molecule has 4 aromatic rings. The van der Waals surface area contributed by atoms with Gasteiger partial charge in [-0.15, -0.1) is 11.6 Å². The fourth-order valence-corrected chi connectivity index (χ4v) is 5.73. The Labute approximate surface area is 408 Å². The zero-order valence-corrected chi connectivity index (χ0v) is 39.8. The van der Waals surface area contributed by atoms with Crippen molar-refractivity contribution in [2.75, 3.05) is 5.32 Å². The van der Waals surface area contributed by atoms with E-state index in [1.807, 2.05) is 0 Å². The van der Waals surface area contributed by atoms with Crippen molar-refractivity contribution in [3.05, 3.63) is 88.9 Å². The number of nitrogens with zero attached hydrogens (tertiary/aromatic N) is 6. The molecule has 3 aromatic carbocycles. The van der Waals surface area contributed by atoms with Gasteiger partial charge in [-0.2, -0.15) is 62.1 Å². The Balaban J connectivity index is 0. The molecule has 269 valence electrons. The number of anilines is 2. The third-order valence-electron chi connectivity index (χ3n) is 5.79. The van der Waals surface area contributed by atoms with E-state index in [0.29, 0.717) is 6.07 Å². The van der Waals surface area contributed by atoms with Gasteiger partial charge in [0.15, 0.2) is 11.6 Å². The fourth-order valence-electron chi connectivity index (χ4n) is 3.68. The normalized spacial score (nSPS) is 11.3. The smallest absolute Gasteiger partial charge is 0.504 e. The van der Waals surface area contributed by atoms with E-state index in [4.69, 9.17) is 11.6 Å². The van der Waals surface area contributed by atoms with Crippen LogP contribution in [0.4, 0.5) is 31.7 Å². The molecule has 19 nitrogen and oxygen atoms in total. The van der Waals surface area contributed by atoms with E-state index in [9.17, 15) is 62.7 Å². The van der Waals surface area contributed by atoms with E-state index in [1.54, 1.807) is 0 Å². The Morgan fingerprint density at radius 1 is 0.778 bits per heavy atom. The maximum atomic E-state index is 13.7. The van der Waals surface area contributed by atoms with Crippen LogP contribution >= 0.6 is 11.6 Å². The molecule has 0 spiro atoms. The molecule has 1 radical (unpaired) electrons. The Hall–Kier alpha value is -0.721. The van der Waals surface area contributed by atoms with Crippen molar-refractivity contribution in [3.63, 3.8) is 0 Å². The van der Waals surface area contributed by atoms with Crippen LogP contribution in [-0.4, -0.2) is 65.1 Å². The second-order valence-electron chi connectivity index (χ2n) is 9.04. The largest absolute Gasteiger partial charge is 1.00 e. The average molecular weight is 919 g/mol. The van der Waals surface area contributed by atoms with Crippen LogP contribution in [0.5, 0.6) is 5.75 Å². The van der Waals surface area contributed by atoms with Crippen molar-refractivity contribution < 1.29 is 198 Å². The Bertz CT molecular complexity index is 2430. The van der Waals surface area contributed by atoms with E-state index >= 15 is 0 Å². The average Bonchev–Trinajstić information content (AvgIpc) is 2.99. The van der Waals surface area contributed by atoms with Crippen molar-refractivity contribution in [3.8, 4) is 5.75 Å². The quantitative estimate of drug-likeness (QED) is 0.0203. The summed E-state index contributed by atoms with van der Waals surface area (Å²) in [5.41, 5.74) is -2.88. The van der Waals surface area contributed by atoms with E-state index in [0.717, 1.165) is 36.4 Å². The van der Waals surface area contributed by atoms with Crippen molar-refractivity contribution in [2.24, 2.45) is 20.5 Å². The topological polar surface area (TPSA) is 308 Å². The minimum absolute atomic E-state index is 0. The summed E-state index contributed by atoms with van der Waals surface area (Å²) < 4.78 is 127. The van der Waals surface area contributed by atoms with Gasteiger partial charge in [0.1, 0.15) is 15.6 Å². The van der Waals surface area contributed by atoms with Gasteiger partial charge in [-0.1, -0.05) is 23.7 Å². The van der Waals surface area contributed by atoms with Gasteiger partial charge in [-0.05, 0) is 35.2 Å². The molecule has 0 aliphatic rings. The molecule has 6 N–H and O–H groups in total. The summed E-state index contributed by atoms with van der Waals surface area (Å²) in [5, 5.41) is 36.2. The van der Waals surface area contributed by atoms with Crippen LogP contribution in [0.15, 0.2) is 89.7 Å². The minimum Gasteiger partial charge on any atom is -0.504 e. The summed E-state index contributed by atoms with van der Waals surface area (Å²) >= 11 is 5.72. The number of aromatic hydroxyl groups is 1. The van der Waals surface area contributed by atoms with Gasteiger partial charge in [-0.3, -0.25) is 13.7 Å². The number of carboxylic acid groups (broad SMARTS) is 1. The number of phenols is 1. The molecule has 0 fully saturated rings. The van der Waals surface area contributed by atoms with Crippen molar-refractivity contribution in [1.29, 1.82) is 0 Å². The van der Waals surface area contributed by atoms with E-state index in [2.05, 4.69) is 35.7 Å². The number of rotatable bonds is 11. The zero-order chi connectivity index (χ0) is 36.5. The molecular formula is C24H15ClCuF2N7Na4O12S3+3. The van der Waals surface area contributed by atoms with Gasteiger partial charge in [0, 0.05) is 22.8 Å². The standard InChI is InChI=1S/C24H15ClF2N7O12S3.Cu.4Na/c25-18-20(26)29-24(27)30-22(18)28-10-5-6-14(13(7-10)23(36)37)31-33-21(12-3-1-2-4-16(12)48(41,42)43)34-32-15-8-11(47(38,39)40)9-17(19(15)35)49(44,45)46;;;;;/h1-9,35H,(H,36,37)(H,28,29,30)(H,38,39,40)(H,41,42,43)(H,44,45,46);;;;;/q-1;;4*+1. The Morgan fingerprint density at radius 2 is 1.33 bits per heavy atom. The Morgan fingerprint density at radius 3 is 1.87 bits per heavy atom. The molecule has 0 saturated carbocycles. The van der Waals surface area contributed by atoms with Gasteiger partial charge >= 0.3 is 130 Å². The van der Waals surface area contributed by atoms with Gasteiger partial charge in [0.2, 0.25) is 16.1 Å². The van der Waals surface area contributed by atoms with Crippen LogP contribution in [0.3, 0.4) is 0 Å². The maximum absolute atomic E-state index is 13.7. The zero-order valence-electron chi connectivity index (χ0n) is 27.6. The van der Waals surface area contributed by atoms with Crippen molar-refractivity contribution in [1.82, 2.24) is 9.97 Å². The molecule has 0 aliphatic heterocycles. The summed E-state index contributed by atoms with van der Waals surface area (Å²) in [4.78, 5) is 14.6. The van der Waals surface area contributed by atoms with Crippen LogP contribution < -0.4 is 124 Å². The summed E-state index contributed by atoms with van der Waals surface area (Å²) in [5.74, 6) is -5.03. The first-order chi connectivity index (χ1) is 22.7.